The second kappa shape index (κ2) is 5.99. The molecule has 0 N–H and O–H groups in total. The second-order valence-electron chi connectivity index (χ2n) is 5.35. The largest absolute Gasteiger partial charge is 0.357 e. The number of piperidine rings is 1. The Morgan fingerprint density at radius 1 is 1.14 bits per heavy atom. The normalized spacial score (nSPS) is 16.0. The SMILES string of the molecule is CC(=O)C1CCN(c2ccc(-c3ncccn3)cn2)CC1. The lowest BCUT2D eigenvalue weighted by Gasteiger charge is -2.31. The van der Waals surface area contributed by atoms with Crippen molar-refractivity contribution in [1.29, 1.82) is 0 Å². The lowest BCUT2D eigenvalue weighted by Crippen LogP contribution is -2.36. The van der Waals surface area contributed by atoms with E-state index in [2.05, 4.69) is 19.9 Å². The maximum Gasteiger partial charge on any atom is 0.160 e. The van der Waals surface area contributed by atoms with Crippen molar-refractivity contribution < 1.29 is 4.79 Å². The number of hydrogen-bond acceptors (Lipinski definition) is 5. The Balaban J connectivity index is 1.69. The Labute approximate surface area is 124 Å². The summed E-state index contributed by atoms with van der Waals surface area (Å²) in [7, 11) is 0. The Kier molecular flexibility index (Phi) is 3.90. The molecule has 3 rings (SSSR count). The van der Waals surface area contributed by atoms with Crippen LogP contribution >= 0.6 is 0 Å². The van der Waals surface area contributed by atoms with Gasteiger partial charge in [-0.15, -0.1) is 0 Å². The lowest BCUT2D eigenvalue weighted by molar-refractivity contribution is -0.121. The van der Waals surface area contributed by atoms with Crippen LogP contribution in [0.1, 0.15) is 19.8 Å². The molecular weight excluding hydrogens is 264 g/mol. The maximum atomic E-state index is 11.4. The average molecular weight is 282 g/mol. The first-order chi connectivity index (χ1) is 10.2. The molecule has 0 radical (unpaired) electrons. The van der Waals surface area contributed by atoms with Crippen molar-refractivity contribution in [3.8, 4) is 11.4 Å². The number of aromatic nitrogens is 3. The summed E-state index contributed by atoms with van der Waals surface area (Å²) < 4.78 is 0. The number of pyridine rings is 1. The fourth-order valence-corrected chi connectivity index (χ4v) is 2.67. The molecule has 1 aliphatic heterocycles. The first-order valence-corrected chi connectivity index (χ1v) is 7.23. The number of Topliss-reactive ketones (excluding diaryl/α,β-unsaturated/α-hetero) is 1. The zero-order chi connectivity index (χ0) is 14.7. The van der Waals surface area contributed by atoms with Crippen molar-refractivity contribution in [2.75, 3.05) is 18.0 Å². The molecule has 0 bridgehead atoms. The Morgan fingerprint density at radius 2 is 1.86 bits per heavy atom. The van der Waals surface area contributed by atoms with E-state index in [-0.39, 0.29) is 5.92 Å². The van der Waals surface area contributed by atoms with Crippen molar-refractivity contribution >= 4 is 11.6 Å². The van der Waals surface area contributed by atoms with Gasteiger partial charge in [-0.1, -0.05) is 0 Å². The van der Waals surface area contributed by atoms with Crippen LogP contribution in [0.4, 0.5) is 5.82 Å². The van der Waals surface area contributed by atoms with E-state index < -0.39 is 0 Å². The van der Waals surface area contributed by atoms with Crippen LogP contribution in [0, 0.1) is 5.92 Å². The summed E-state index contributed by atoms with van der Waals surface area (Å²) in [5, 5.41) is 0. The molecule has 2 aromatic rings. The van der Waals surface area contributed by atoms with E-state index in [9.17, 15) is 4.79 Å². The molecule has 0 unspecified atom stereocenters. The Hall–Kier alpha value is -2.30. The molecule has 0 spiro atoms. The third-order valence-electron chi connectivity index (χ3n) is 3.97. The summed E-state index contributed by atoms with van der Waals surface area (Å²) in [6, 6.07) is 5.79. The molecule has 0 aliphatic carbocycles. The minimum absolute atomic E-state index is 0.221. The van der Waals surface area contributed by atoms with Gasteiger partial charge in [0.25, 0.3) is 0 Å². The molecular formula is C16H18N4O. The highest BCUT2D eigenvalue weighted by atomic mass is 16.1. The van der Waals surface area contributed by atoms with Crippen molar-refractivity contribution in [1.82, 2.24) is 15.0 Å². The number of rotatable bonds is 3. The van der Waals surface area contributed by atoms with E-state index in [0.29, 0.717) is 11.6 Å². The van der Waals surface area contributed by atoms with E-state index in [0.717, 1.165) is 37.3 Å². The smallest absolute Gasteiger partial charge is 0.160 e. The zero-order valence-electron chi connectivity index (χ0n) is 12.1. The van der Waals surface area contributed by atoms with Crippen molar-refractivity contribution in [2.24, 2.45) is 5.92 Å². The van der Waals surface area contributed by atoms with Gasteiger partial charge >= 0.3 is 0 Å². The first-order valence-electron chi connectivity index (χ1n) is 7.23. The van der Waals surface area contributed by atoms with Crippen LogP contribution in [0.3, 0.4) is 0 Å². The van der Waals surface area contributed by atoms with Crippen LogP contribution in [-0.4, -0.2) is 33.8 Å². The maximum absolute atomic E-state index is 11.4. The average Bonchev–Trinajstić information content (AvgIpc) is 2.56. The molecule has 108 valence electrons. The third kappa shape index (κ3) is 3.07. The van der Waals surface area contributed by atoms with E-state index in [1.165, 1.54) is 0 Å². The van der Waals surface area contributed by atoms with E-state index in [1.807, 2.05) is 18.3 Å². The highest BCUT2D eigenvalue weighted by molar-refractivity contribution is 5.78. The second-order valence-corrected chi connectivity index (χ2v) is 5.35. The fraction of sp³-hybridized carbons (Fsp3) is 0.375. The molecule has 1 fully saturated rings. The fourth-order valence-electron chi connectivity index (χ4n) is 2.67. The van der Waals surface area contributed by atoms with Crippen LogP contribution in [0.2, 0.25) is 0 Å². The summed E-state index contributed by atoms with van der Waals surface area (Å²) in [5.41, 5.74) is 0.915. The summed E-state index contributed by atoms with van der Waals surface area (Å²) in [4.78, 5) is 26.6. The number of carbonyl (C=O) groups is 1. The van der Waals surface area contributed by atoms with Gasteiger partial charge in [0.1, 0.15) is 11.6 Å². The topological polar surface area (TPSA) is 59.0 Å². The summed E-state index contributed by atoms with van der Waals surface area (Å²) in [6.45, 7) is 3.46. The number of carbonyl (C=O) groups excluding carboxylic acids is 1. The highest BCUT2D eigenvalue weighted by Gasteiger charge is 2.22. The highest BCUT2D eigenvalue weighted by Crippen LogP contribution is 2.23. The quantitative estimate of drug-likeness (QED) is 0.865. The van der Waals surface area contributed by atoms with Gasteiger partial charge in [-0.3, -0.25) is 4.79 Å². The summed E-state index contributed by atoms with van der Waals surface area (Å²) >= 11 is 0. The van der Waals surface area contributed by atoms with Gasteiger partial charge in [0.05, 0.1) is 0 Å². The molecule has 2 aromatic heterocycles. The van der Waals surface area contributed by atoms with Crippen LogP contribution in [-0.2, 0) is 4.79 Å². The van der Waals surface area contributed by atoms with Gasteiger partial charge in [0, 0.05) is 43.2 Å². The molecule has 5 heteroatoms. The van der Waals surface area contributed by atoms with Gasteiger partial charge in [0.15, 0.2) is 5.82 Å². The Bertz CT molecular complexity index is 604. The number of ketones is 1. The first kappa shape index (κ1) is 13.7. The molecule has 3 heterocycles. The van der Waals surface area contributed by atoms with Gasteiger partial charge in [-0.2, -0.15) is 0 Å². The number of hydrogen-bond donors (Lipinski definition) is 0. The van der Waals surface area contributed by atoms with Crippen molar-refractivity contribution in [2.45, 2.75) is 19.8 Å². The van der Waals surface area contributed by atoms with Crippen LogP contribution in [0.5, 0.6) is 0 Å². The van der Waals surface area contributed by atoms with E-state index in [1.54, 1.807) is 25.4 Å². The van der Waals surface area contributed by atoms with Crippen LogP contribution < -0.4 is 4.90 Å². The van der Waals surface area contributed by atoms with Gasteiger partial charge in [0.2, 0.25) is 0 Å². The van der Waals surface area contributed by atoms with Gasteiger partial charge in [-0.05, 0) is 38.0 Å². The number of anilines is 1. The van der Waals surface area contributed by atoms with E-state index >= 15 is 0 Å². The van der Waals surface area contributed by atoms with Crippen molar-refractivity contribution in [3.63, 3.8) is 0 Å². The third-order valence-corrected chi connectivity index (χ3v) is 3.97. The van der Waals surface area contributed by atoms with Crippen LogP contribution in [0.25, 0.3) is 11.4 Å². The number of nitrogens with zero attached hydrogens (tertiary/aromatic N) is 4. The summed E-state index contributed by atoms with van der Waals surface area (Å²) in [6.07, 6.45) is 7.09. The monoisotopic (exact) mass is 282 g/mol. The Morgan fingerprint density at radius 3 is 2.43 bits per heavy atom. The molecule has 1 aliphatic rings. The molecule has 21 heavy (non-hydrogen) atoms. The lowest BCUT2D eigenvalue weighted by atomic mass is 9.93. The zero-order valence-corrected chi connectivity index (χ0v) is 12.1. The molecule has 5 nitrogen and oxygen atoms in total. The molecule has 0 saturated carbocycles. The standard InChI is InChI=1S/C16H18N4O/c1-12(21)13-5-9-20(10-6-13)15-4-3-14(11-19-15)16-17-7-2-8-18-16/h2-4,7-8,11,13H,5-6,9-10H2,1H3. The van der Waals surface area contributed by atoms with Crippen LogP contribution in [0.15, 0.2) is 36.8 Å². The molecule has 1 saturated heterocycles. The van der Waals surface area contributed by atoms with E-state index in [4.69, 9.17) is 0 Å². The predicted molar refractivity (Wildman–Crippen MR) is 80.9 cm³/mol. The van der Waals surface area contributed by atoms with Crippen molar-refractivity contribution in [3.05, 3.63) is 36.8 Å². The van der Waals surface area contributed by atoms with Gasteiger partial charge in [-0.25, -0.2) is 15.0 Å². The van der Waals surface area contributed by atoms with Gasteiger partial charge < -0.3 is 4.90 Å². The predicted octanol–water partition coefficient (Wildman–Crippen LogP) is 2.34. The minimum Gasteiger partial charge on any atom is -0.357 e. The molecule has 0 aromatic carbocycles. The molecule has 0 amide bonds. The minimum atomic E-state index is 0.221. The molecule has 0 atom stereocenters. The summed E-state index contributed by atoms with van der Waals surface area (Å²) in [5.74, 6) is 2.17.